The molecule has 124 valence electrons. The molecule has 0 aliphatic heterocycles. The van der Waals surface area contributed by atoms with Crippen molar-refractivity contribution < 1.29 is 9.21 Å². The van der Waals surface area contributed by atoms with E-state index in [2.05, 4.69) is 25.7 Å². The van der Waals surface area contributed by atoms with Crippen LogP contribution in [0.3, 0.4) is 0 Å². The van der Waals surface area contributed by atoms with Crippen LogP contribution in [0, 0.1) is 6.92 Å². The first-order valence-corrected chi connectivity index (χ1v) is 7.63. The van der Waals surface area contributed by atoms with E-state index < -0.39 is 6.03 Å². The van der Waals surface area contributed by atoms with Gasteiger partial charge in [-0.2, -0.15) is 4.98 Å². The predicted molar refractivity (Wildman–Crippen MR) is 87.8 cm³/mol. The summed E-state index contributed by atoms with van der Waals surface area (Å²) in [4.78, 5) is 20.3. The summed E-state index contributed by atoms with van der Waals surface area (Å²) < 4.78 is 7.09. The van der Waals surface area contributed by atoms with Crippen LogP contribution in [-0.4, -0.2) is 25.8 Å². The molecule has 24 heavy (non-hydrogen) atoms. The quantitative estimate of drug-likeness (QED) is 0.750. The van der Waals surface area contributed by atoms with Gasteiger partial charge in [-0.1, -0.05) is 25.1 Å². The molecular formula is C16H18N6O2. The fourth-order valence-corrected chi connectivity index (χ4v) is 2.15. The van der Waals surface area contributed by atoms with E-state index in [9.17, 15) is 4.79 Å². The second-order valence-electron chi connectivity index (χ2n) is 5.11. The molecule has 0 bridgehead atoms. The van der Waals surface area contributed by atoms with Crippen molar-refractivity contribution in [3.8, 4) is 5.69 Å². The smallest absolute Gasteiger partial charge is 0.322 e. The van der Waals surface area contributed by atoms with Crippen molar-refractivity contribution in [3.63, 3.8) is 0 Å². The third-order valence-electron chi connectivity index (χ3n) is 3.35. The Kier molecular flexibility index (Phi) is 4.55. The number of para-hydroxylation sites is 1. The highest BCUT2D eigenvalue weighted by Gasteiger charge is 2.11. The predicted octanol–water partition coefficient (Wildman–Crippen LogP) is 2.45. The van der Waals surface area contributed by atoms with Crippen LogP contribution in [0.4, 0.5) is 10.7 Å². The number of hydrogen-bond acceptors (Lipinski definition) is 5. The molecule has 0 aliphatic carbocycles. The van der Waals surface area contributed by atoms with Gasteiger partial charge >= 0.3 is 6.03 Å². The molecule has 2 heterocycles. The Bertz CT molecular complexity index is 824. The standard InChI is InChI=1S/C16H18N6O2/c1-3-13-9-17-14(24-13)10-18-16(23)20-15-19-11(2)22(21-15)12-7-5-4-6-8-12/h4-9H,3,10H2,1-2H3,(H2,18,20,21,23). The first kappa shape index (κ1) is 15.7. The number of oxazole rings is 1. The molecular weight excluding hydrogens is 308 g/mol. The van der Waals surface area contributed by atoms with Gasteiger partial charge in [-0.15, -0.1) is 5.10 Å². The largest absolute Gasteiger partial charge is 0.444 e. The van der Waals surface area contributed by atoms with E-state index >= 15 is 0 Å². The van der Waals surface area contributed by atoms with Crippen molar-refractivity contribution in [2.24, 2.45) is 0 Å². The number of urea groups is 1. The molecule has 2 amide bonds. The normalized spacial score (nSPS) is 10.6. The number of benzene rings is 1. The summed E-state index contributed by atoms with van der Waals surface area (Å²) in [5.41, 5.74) is 0.878. The van der Waals surface area contributed by atoms with Crippen molar-refractivity contribution in [1.82, 2.24) is 25.1 Å². The number of nitrogens with one attached hydrogen (secondary N) is 2. The summed E-state index contributed by atoms with van der Waals surface area (Å²) in [5.74, 6) is 2.15. The van der Waals surface area contributed by atoms with Crippen LogP contribution >= 0.6 is 0 Å². The summed E-state index contributed by atoms with van der Waals surface area (Å²) in [6.45, 7) is 3.99. The SMILES string of the molecule is CCc1cnc(CNC(=O)Nc2nc(C)n(-c3ccccc3)n2)o1. The lowest BCUT2D eigenvalue weighted by molar-refractivity contribution is 0.250. The molecule has 0 spiro atoms. The number of anilines is 1. The topological polar surface area (TPSA) is 97.9 Å². The monoisotopic (exact) mass is 326 g/mol. The number of aryl methyl sites for hydroxylation is 2. The van der Waals surface area contributed by atoms with Crippen LogP contribution in [0.15, 0.2) is 40.9 Å². The van der Waals surface area contributed by atoms with E-state index in [1.54, 1.807) is 10.9 Å². The average Bonchev–Trinajstić information content (AvgIpc) is 3.20. The van der Waals surface area contributed by atoms with Crippen LogP contribution < -0.4 is 10.6 Å². The van der Waals surface area contributed by atoms with Gasteiger partial charge in [0.2, 0.25) is 5.89 Å². The van der Waals surface area contributed by atoms with E-state index in [0.717, 1.165) is 17.9 Å². The summed E-state index contributed by atoms with van der Waals surface area (Å²) in [7, 11) is 0. The minimum atomic E-state index is -0.420. The second-order valence-corrected chi connectivity index (χ2v) is 5.11. The zero-order chi connectivity index (χ0) is 16.9. The Morgan fingerprint density at radius 3 is 2.79 bits per heavy atom. The molecule has 0 atom stereocenters. The van der Waals surface area contributed by atoms with Gasteiger partial charge in [0.05, 0.1) is 18.4 Å². The number of amides is 2. The molecule has 0 fully saturated rings. The molecule has 3 aromatic rings. The third kappa shape index (κ3) is 3.60. The lowest BCUT2D eigenvalue weighted by atomic mass is 10.3. The number of rotatable bonds is 5. The second kappa shape index (κ2) is 6.95. The van der Waals surface area contributed by atoms with Crippen molar-refractivity contribution >= 4 is 12.0 Å². The molecule has 1 aromatic carbocycles. The fourth-order valence-electron chi connectivity index (χ4n) is 2.15. The molecule has 0 saturated heterocycles. The molecule has 0 radical (unpaired) electrons. The van der Waals surface area contributed by atoms with Crippen LogP contribution in [0.1, 0.15) is 24.4 Å². The highest BCUT2D eigenvalue weighted by atomic mass is 16.4. The van der Waals surface area contributed by atoms with Gasteiger partial charge in [0.1, 0.15) is 11.6 Å². The lowest BCUT2D eigenvalue weighted by Gasteiger charge is -2.02. The van der Waals surface area contributed by atoms with Gasteiger partial charge in [0, 0.05) is 6.42 Å². The maximum absolute atomic E-state index is 11.9. The van der Waals surface area contributed by atoms with Crippen LogP contribution in [0.5, 0.6) is 0 Å². The van der Waals surface area contributed by atoms with E-state index in [0.29, 0.717) is 11.7 Å². The Morgan fingerprint density at radius 2 is 2.08 bits per heavy atom. The van der Waals surface area contributed by atoms with Crippen molar-refractivity contribution in [2.75, 3.05) is 5.32 Å². The molecule has 8 heteroatoms. The third-order valence-corrected chi connectivity index (χ3v) is 3.35. The van der Waals surface area contributed by atoms with Crippen molar-refractivity contribution in [1.29, 1.82) is 0 Å². The number of carbonyl (C=O) groups excluding carboxylic acids is 1. The average molecular weight is 326 g/mol. The summed E-state index contributed by atoms with van der Waals surface area (Å²) in [6.07, 6.45) is 2.42. The van der Waals surface area contributed by atoms with Crippen molar-refractivity contribution in [3.05, 3.63) is 54.0 Å². The summed E-state index contributed by atoms with van der Waals surface area (Å²) in [6, 6.07) is 9.17. The van der Waals surface area contributed by atoms with Gasteiger partial charge in [0.15, 0.2) is 0 Å². The molecule has 0 saturated carbocycles. The van der Waals surface area contributed by atoms with Crippen molar-refractivity contribution in [2.45, 2.75) is 26.8 Å². The van der Waals surface area contributed by atoms with Gasteiger partial charge < -0.3 is 9.73 Å². The Hall–Kier alpha value is -3.16. The number of aromatic nitrogens is 4. The highest BCUT2D eigenvalue weighted by Crippen LogP contribution is 2.11. The van der Waals surface area contributed by atoms with E-state index in [1.165, 1.54) is 0 Å². The fraction of sp³-hybridized carbons (Fsp3) is 0.250. The first-order valence-electron chi connectivity index (χ1n) is 7.63. The van der Waals surface area contributed by atoms with Gasteiger partial charge in [-0.3, -0.25) is 5.32 Å². The summed E-state index contributed by atoms with van der Waals surface area (Å²) in [5, 5.41) is 9.55. The zero-order valence-electron chi connectivity index (χ0n) is 13.5. The van der Waals surface area contributed by atoms with Crippen LogP contribution in [-0.2, 0) is 13.0 Å². The molecule has 8 nitrogen and oxygen atoms in total. The van der Waals surface area contributed by atoms with Crippen LogP contribution in [0.2, 0.25) is 0 Å². The maximum atomic E-state index is 11.9. The van der Waals surface area contributed by atoms with E-state index in [-0.39, 0.29) is 12.5 Å². The van der Waals surface area contributed by atoms with Gasteiger partial charge in [0.25, 0.3) is 5.95 Å². The minimum Gasteiger partial charge on any atom is -0.444 e. The van der Waals surface area contributed by atoms with Gasteiger partial charge in [-0.25, -0.2) is 14.5 Å². The number of carbonyl (C=O) groups is 1. The number of nitrogens with zero attached hydrogens (tertiary/aromatic N) is 4. The molecule has 2 aromatic heterocycles. The Balaban J connectivity index is 1.60. The maximum Gasteiger partial charge on any atom is 0.322 e. The highest BCUT2D eigenvalue weighted by molar-refractivity contribution is 5.87. The molecule has 0 aliphatic rings. The zero-order valence-corrected chi connectivity index (χ0v) is 13.5. The molecule has 0 unspecified atom stereocenters. The van der Waals surface area contributed by atoms with Crippen LogP contribution in [0.25, 0.3) is 5.69 Å². The summed E-state index contributed by atoms with van der Waals surface area (Å²) >= 11 is 0. The minimum absolute atomic E-state index is 0.199. The van der Waals surface area contributed by atoms with E-state index in [1.807, 2.05) is 44.2 Å². The van der Waals surface area contributed by atoms with Gasteiger partial charge in [-0.05, 0) is 19.1 Å². The molecule has 2 N–H and O–H groups in total. The lowest BCUT2D eigenvalue weighted by Crippen LogP contribution is -2.28. The van der Waals surface area contributed by atoms with E-state index in [4.69, 9.17) is 4.42 Å². The Labute approximate surface area is 138 Å². The first-order chi connectivity index (χ1) is 11.7. The number of hydrogen-bond donors (Lipinski definition) is 2. The molecule has 3 rings (SSSR count). The Morgan fingerprint density at radius 1 is 1.29 bits per heavy atom.